The SMILES string of the molecule is CCOc1cc(CNCCc2ccc(F)cc2)c(Br)cc1OCc1ccc(Cl)cc1. The Morgan fingerprint density at radius 3 is 2.30 bits per heavy atom. The van der Waals surface area contributed by atoms with Gasteiger partial charge in [-0.2, -0.15) is 0 Å². The minimum atomic E-state index is -0.211. The molecule has 0 saturated carbocycles. The zero-order valence-corrected chi connectivity index (χ0v) is 19.1. The molecule has 6 heteroatoms. The van der Waals surface area contributed by atoms with Crippen LogP contribution in [0.3, 0.4) is 0 Å². The molecule has 1 N–H and O–H groups in total. The van der Waals surface area contributed by atoms with Gasteiger partial charge in [0.05, 0.1) is 6.61 Å². The van der Waals surface area contributed by atoms with Crippen molar-refractivity contribution in [1.82, 2.24) is 5.32 Å². The number of hydrogen-bond acceptors (Lipinski definition) is 3. The molecule has 0 saturated heterocycles. The van der Waals surface area contributed by atoms with Crippen LogP contribution < -0.4 is 14.8 Å². The van der Waals surface area contributed by atoms with Gasteiger partial charge in [0, 0.05) is 16.0 Å². The minimum absolute atomic E-state index is 0.211. The number of benzene rings is 3. The summed E-state index contributed by atoms with van der Waals surface area (Å²) in [5.41, 5.74) is 3.21. The van der Waals surface area contributed by atoms with Crippen molar-refractivity contribution < 1.29 is 13.9 Å². The van der Waals surface area contributed by atoms with Gasteiger partial charge in [-0.1, -0.05) is 51.8 Å². The van der Waals surface area contributed by atoms with E-state index >= 15 is 0 Å². The van der Waals surface area contributed by atoms with Gasteiger partial charge in [-0.25, -0.2) is 4.39 Å². The average Bonchev–Trinajstić information content (AvgIpc) is 2.74. The number of ether oxygens (including phenoxy) is 2. The molecule has 0 amide bonds. The first kappa shape index (κ1) is 22.6. The fraction of sp³-hybridized carbons (Fsp3) is 0.250. The van der Waals surface area contributed by atoms with Crippen molar-refractivity contribution in [3.05, 3.63) is 92.7 Å². The van der Waals surface area contributed by atoms with E-state index in [0.717, 1.165) is 34.1 Å². The largest absolute Gasteiger partial charge is 0.490 e. The second-order valence-electron chi connectivity index (χ2n) is 6.79. The zero-order chi connectivity index (χ0) is 21.3. The summed E-state index contributed by atoms with van der Waals surface area (Å²) in [6, 6.07) is 18.1. The number of rotatable bonds is 10. The molecule has 3 aromatic rings. The molecule has 3 rings (SSSR count). The van der Waals surface area contributed by atoms with Crippen LogP contribution in [-0.2, 0) is 19.6 Å². The highest BCUT2D eigenvalue weighted by molar-refractivity contribution is 9.10. The topological polar surface area (TPSA) is 30.5 Å². The van der Waals surface area contributed by atoms with E-state index in [1.807, 2.05) is 55.5 Å². The lowest BCUT2D eigenvalue weighted by Crippen LogP contribution is -2.17. The van der Waals surface area contributed by atoms with E-state index in [4.69, 9.17) is 21.1 Å². The monoisotopic (exact) mass is 491 g/mol. The molecular weight excluding hydrogens is 469 g/mol. The number of nitrogens with one attached hydrogen (secondary N) is 1. The second kappa shape index (κ2) is 11.3. The number of halogens is 3. The van der Waals surface area contributed by atoms with Crippen LogP contribution in [0.15, 0.2) is 65.1 Å². The van der Waals surface area contributed by atoms with E-state index < -0.39 is 0 Å². The molecule has 3 aromatic carbocycles. The molecule has 30 heavy (non-hydrogen) atoms. The van der Waals surface area contributed by atoms with Crippen LogP contribution in [-0.4, -0.2) is 13.2 Å². The molecule has 3 nitrogen and oxygen atoms in total. The summed E-state index contributed by atoms with van der Waals surface area (Å²) in [7, 11) is 0. The average molecular weight is 493 g/mol. The lowest BCUT2D eigenvalue weighted by Gasteiger charge is -2.15. The molecule has 158 valence electrons. The third-order valence-corrected chi connectivity index (χ3v) is 5.53. The van der Waals surface area contributed by atoms with Gasteiger partial charge < -0.3 is 14.8 Å². The van der Waals surface area contributed by atoms with Gasteiger partial charge in [-0.3, -0.25) is 0 Å². The molecule has 0 spiro atoms. The normalized spacial score (nSPS) is 10.8. The lowest BCUT2D eigenvalue weighted by molar-refractivity contribution is 0.269. The molecule has 0 aliphatic heterocycles. The summed E-state index contributed by atoms with van der Waals surface area (Å²) in [4.78, 5) is 0. The Bertz CT molecular complexity index is 949. The van der Waals surface area contributed by atoms with Crippen LogP contribution in [0.5, 0.6) is 11.5 Å². The van der Waals surface area contributed by atoms with Crippen molar-refractivity contribution in [3.8, 4) is 11.5 Å². The van der Waals surface area contributed by atoms with Crippen LogP contribution >= 0.6 is 27.5 Å². The van der Waals surface area contributed by atoms with Crippen LogP contribution in [0, 0.1) is 5.82 Å². The fourth-order valence-corrected chi connectivity index (χ4v) is 3.53. The standard InChI is InChI=1S/C24H24BrClFNO2/c1-2-29-23-13-19(15-28-12-11-17-5-9-21(27)10-6-17)22(25)14-24(23)30-16-18-3-7-20(26)8-4-18/h3-10,13-14,28H,2,11-12,15-16H2,1H3. The predicted molar refractivity (Wildman–Crippen MR) is 123 cm³/mol. The smallest absolute Gasteiger partial charge is 0.162 e. The Morgan fingerprint density at radius 1 is 0.933 bits per heavy atom. The van der Waals surface area contributed by atoms with Gasteiger partial charge in [-0.05, 0) is 73.0 Å². The van der Waals surface area contributed by atoms with E-state index in [-0.39, 0.29) is 5.82 Å². The van der Waals surface area contributed by atoms with Crippen LogP contribution in [0.1, 0.15) is 23.6 Å². The Kier molecular flexibility index (Phi) is 8.55. The van der Waals surface area contributed by atoms with Crippen molar-refractivity contribution in [2.75, 3.05) is 13.2 Å². The molecule has 0 fully saturated rings. The molecule has 0 heterocycles. The first-order valence-corrected chi connectivity index (χ1v) is 11.0. The quantitative estimate of drug-likeness (QED) is 0.325. The Balaban J connectivity index is 1.60. The maximum Gasteiger partial charge on any atom is 0.162 e. The highest BCUT2D eigenvalue weighted by Crippen LogP contribution is 2.34. The summed E-state index contributed by atoms with van der Waals surface area (Å²) in [5, 5.41) is 4.13. The third-order valence-electron chi connectivity index (χ3n) is 4.54. The summed E-state index contributed by atoms with van der Waals surface area (Å²) in [6.45, 7) is 4.40. The van der Waals surface area contributed by atoms with Crippen LogP contribution in [0.2, 0.25) is 5.02 Å². The van der Waals surface area contributed by atoms with E-state index in [0.29, 0.717) is 36.3 Å². The molecule has 0 atom stereocenters. The molecule has 0 aliphatic carbocycles. The van der Waals surface area contributed by atoms with E-state index in [2.05, 4.69) is 21.2 Å². The molecular formula is C24H24BrClFNO2. The number of hydrogen-bond donors (Lipinski definition) is 1. The van der Waals surface area contributed by atoms with Crippen molar-refractivity contribution in [2.24, 2.45) is 0 Å². The Labute approximate surface area is 190 Å². The van der Waals surface area contributed by atoms with Gasteiger partial charge >= 0.3 is 0 Å². The van der Waals surface area contributed by atoms with Gasteiger partial charge in [0.1, 0.15) is 12.4 Å². The lowest BCUT2D eigenvalue weighted by atomic mass is 10.1. The van der Waals surface area contributed by atoms with E-state index in [9.17, 15) is 4.39 Å². The molecule has 0 radical (unpaired) electrons. The first-order valence-electron chi connectivity index (χ1n) is 9.82. The predicted octanol–water partition coefficient (Wildman–Crippen LogP) is 6.55. The van der Waals surface area contributed by atoms with Crippen LogP contribution in [0.25, 0.3) is 0 Å². The van der Waals surface area contributed by atoms with Gasteiger partial charge in [0.2, 0.25) is 0 Å². The molecule has 0 aliphatic rings. The highest BCUT2D eigenvalue weighted by Gasteiger charge is 2.11. The third kappa shape index (κ3) is 6.73. The fourth-order valence-electron chi connectivity index (χ4n) is 2.94. The van der Waals surface area contributed by atoms with Crippen LogP contribution in [0.4, 0.5) is 4.39 Å². The van der Waals surface area contributed by atoms with E-state index in [1.165, 1.54) is 12.1 Å². The zero-order valence-electron chi connectivity index (χ0n) is 16.8. The summed E-state index contributed by atoms with van der Waals surface area (Å²) in [5.74, 6) is 1.19. The summed E-state index contributed by atoms with van der Waals surface area (Å²) >= 11 is 9.58. The Hall–Kier alpha value is -2.08. The van der Waals surface area contributed by atoms with Crippen molar-refractivity contribution in [3.63, 3.8) is 0 Å². The van der Waals surface area contributed by atoms with E-state index in [1.54, 1.807) is 0 Å². The summed E-state index contributed by atoms with van der Waals surface area (Å²) < 4.78 is 25.7. The molecule has 0 bridgehead atoms. The minimum Gasteiger partial charge on any atom is -0.490 e. The maximum absolute atomic E-state index is 13.0. The second-order valence-corrected chi connectivity index (χ2v) is 8.08. The summed E-state index contributed by atoms with van der Waals surface area (Å²) in [6.07, 6.45) is 0.832. The highest BCUT2D eigenvalue weighted by atomic mass is 79.9. The van der Waals surface area contributed by atoms with Gasteiger partial charge in [0.25, 0.3) is 0 Å². The van der Waals surface area contributed by atoms with Gasteiger partial charge in [-0.15, -0.1) is 0 Å². The van der Waals surface area contributed by atoms with Crippen molar-refractivity contribution in [1.29, 1.82) is 0 Å². The molecule has 0 unspecified atom stereocenters. The first-order chi connectivity index (χ1) is 14.5. The molecule has 0 aromatic heterocycles. The van der Waals surface area contributed by atoms with Crippen molar-refractivity contribution >= 4 is 27.5 Å². The Morgan fingerprint density at radius 2 is 1.60 bits per heavy atom. The van der Waals surface area contributed by atoms with Crippen molar-refractivity contribution in [2.45, 2.75) is 26.5 Å². The van der Waals surface area contributed by atoms with Gasteiger partial charge in [0.15, 0.2) is 11.5 Å². The maximum atomic E-state index is 13.0.